The summed E-state index contributed by atoms with van der Waals surface area (Å²) in [6.45, 7) is 0. The molecule has 0 aromatic heterocycles. The van der Waals surface area contributed by atoms with Gasteiger partial charge in [0, 0.05) is 10.5 Å². The Morgan fingerprint density at radius 2 is 2.00 bits per heavy atom. The highest BCUT2D eigenvalue weighted by Gasteiger charge is 2.29. The van der Waals surface area contributed by atoms with Crippen LogP contribution >= 0.6 is 11.8 Å². The predicted octanol–water partition coefficient (Wildman–Crippen LogP) is 3.11. The number of rotatable bonds is 2. The maximum atomic E-state index is 11.9. The van der Waals surface area contributed by atoms with Gasteiger partial charge >= 0.3 is 5.51 Å². The molecule has 13 heavy (non-hydrogen) atoms. The van der Waals surface area contributed by atoms with E-state index < -0.39 is 5.51 Å². The van der Waals surface area contributed by atoms with Gasteiger partial charge in [-0.15, -0.1) is 0 Å². The lowest BCUT2D eigenvalue weighted by atomic mass is 10.2. The number of hydrogen-bond acceptors (Lipinski definition) is 2. The largest absolute Gasteiger partial charge is 0.446 e. The highest BCUT2D eigenvalue weighted by atomic mass is 32.2. The molecule has 1 aromatic rings. The molecule has 0 aliphatic carbocycles. The molecule has 0 fully saturated rings. The fourth-order valence-electron chi connectivity index (χ4n) is 0.785. The Hall–Kier alpha value is -0.970. The van der Waals surface area contributed by atoms with Crippen LogP contribution in [0.15, 0.2) is 29.2 Å². The van der Waals surface area contributed by atoms with Crippen LogP contribution in [0.4, 0.5) is 13.2 Å². The summed E-state index contributed by atoms with van der Waals surface area (Å²) in [6, 6.07) is 5.38. The summed E-state index contributed by atoms with van der Waals surface area (Å²) in [7, 11) is 0. The van der Waals surface area contributed by atoms with Crippen LogP contribution in [0.1, 0.15) is 10.4 Å². The molecule has 0 amide bonds. The van der Waals surface area contributed by atoms with E-state index in [1.807, 2.05) is 0 Å². The Morgan fingerprint density at radius 1 is 1.31 bits per heavy atom. The summed E-state index contributed by atoms with van der Waals surface area (Å²) in [5.41, 5.74) is -4.06. The minimum Gasteiger partial charge on any atom is -0.298 e. The predicted molar refractivity (Wildman–Crippen MR) is 43.7 cm³/mol. The number of alkyl halides is 3. The highest BCUT2D eigenvalue weighted by molar-refractivity contribution is 8.00. The van der Waals surface area contributed by atoms with Gasteiger partial charge in [-0.1, -0.05) is 12.1 Å². The van der Waals surface area contributed by atoms with Crippen molar-refractivity contribution in [2.45, 2.75) is 10.4 Å². The van der Waals surface area contributed by atoms with Crippen molar-refractivity contribution in [2.24, 2.45) is 0 Å². The van der Waals surface area contributed by atoms with E-state index in [1.165, 1.54) is 24.3 Å². The lowest BCUT2D eigenvalue weighted by molar-refractivity contribution is -0.0328. The first-order chi connectivity index (χ1) is 6.01. The van der Waals surface area contributed by atoms with Crippen molar-refractivity contribution in [3.63, 3.8) is 0 Å². The van der Waals surface area contributed by atoms with Crippen LogP contribution in [-0.2, 0) is 0 Å². The number of thioether (sulfide) groups is 1. The van der Waals surface area contributed by atoms with Crippen LogP contribution < -0.4 is 0 Å². The first kappa shape index (κ1) is 10.1. The van der Waals surface area contributed by atoms with E-state index >= 15 is 0 Å². The topological polar surface area (TPSA) is 17.1 Å². The fourth-order valence-corrected chi connectivity index (χ4v) is 1.39. The zero-order valence-corrected chi connectivity index (χ0v) is 7.15. The van der Waals surface area contributed by atoms with Crippen molar-refractivity contribution in [1.82, 2.24) is 0 Å². The number of carbonyl (C=O) groups excluding carboxylic acids is 1. The maximum Gasteiger partial charge on any atom is 0.446 e. The molecule has 0 bridgehead atoms. The zero-order valence-electron chi connectivity index (χ0n) is 6.34. The van der Waals surface area contributed by atoms with E-state index in [2.05, 4.69) is 0 Å². The van der Waals surface area contributed by atoms with Gasteiger partial charge in [0.05, 0.1) is 0 Å². The third-order valence-electron chi connectivity index (χ3n) is 1.23. The molecular formula is C8H5F3OS. The average Bonchev–Trinajstić information content (AvgIpc) is 2.01. The Labute approximate surface area is 76.9 Å². The molecule has 0 radical (unpaired) electrons. The molecule has 0 spiro atoms. The van der Waals surface area contributed by atoms with E-state index in [9.17, 15) is 18.0 Å². The third kappa shape index (κ3) is 3.50. The van der Waals surface area contributed by atoms with Crippen molar-refractivity contribution in [2.75, 3.05) is 0 Å². The standard InChI is InChI=1S/C8H5F3OS/c9-8(10,11)13-7-3-1-2-6(4-7)5-12/h1-5H. The van der Waals surface area contributed by atoms with Crippen LogP contribution in [0, 0.1) is 0 Å². The Kier molecular flexibility index (Phi) is 2.98. The summed E-state index contributed by atoms with van der Waals surface area (Å²) < 4.78 is 35.6. The molecule has 0 aliphatic heterocycles. The van der Waals surface area contributed by atoms with Gasteiger partial charge in [0.25, 0.3) is 0 Å². The normalized spacial score (nSPS) is 11.3. The van der Waals surface area contributed by atoms with Crippen LogP contribution in [-0.4, -0.2) is 11.8 Å². The first-order valence-electron chi connectivity index (χ1n) is 3.32. The summed E-state index contributed by atoms with van der Waals surface area (Å²) in [4.78, 5) is 10.3. The van der Waals surface area contributed by atoms with Gasteiger partial charge in [0.15, 0.2) is 0 Å². The molecular weight excluding hydrogens is 201 g/mol. The summed E-state index contributed by atoms with van der Waals surface area (Å²) in [5.74, 6) is 0. The molecule has 5 heteroatoms. The van der Waals surface area contributed by atoms with E-state index in [0.717, 1.165) is 0 Å². The van der Waals surface area contributed by atoms with Crippen molar-refractivity contribution >= 4 is 18.0 Å². The molecule has 1 rings (SSSR count). The van der Waals surface area contributed by atoms with E-state index in [1.54, 1.807) is 0 Å². The minimum absolute atomic E-state index is 0.0251. The lowest BCUT2D eigenvalue weighted by Crippen LogP contribution is -1.99. The van der Waals surface area contributed by atoms with Gasteiger partial charge in [0.1, 0.15) is 6.29 Å². The van der Waals surface area contributed by atoms with Gasteiger partial charge in [0.2, 0.25) is 0 Å². The molecule has 1 aromatic carbocycles. The quantitative estimate of drug-likeness (QED) is 0.546. The number of carbonyl (C=O) groups is 1. The molecule has 70 valence electrons. The average molecular weight is 206 g/mol. The highest BCUT2D eigenvalue weighted by Crippen LogP contribution is 2.36. The van der Waals surface area contributed by atoms with Gasteiger partial charge in [-0.3, -0.25) is 4.79 Å². The van der Waals surface area contributed by atoms with E-state index in [4.69, 9.17) is 0 Å². The lowest BCUT2D eigenvalue weighted by Gasteiger charge is -2.04. The van der Waals surface area contributed by atoms with Crippen molar-refractivity contribution in [3.05, 3.63) is 29.8 Å². The number of benzene rings is 1. The van der Waals surface area contributed by atoms with E-state index in [-0.39, 0.29) is 22.2 Å². The Bertz CT molecular complexity index is 309. The summed E-state index contributed by atoms with van der Waals surface area (Å²) in [6.07, 6.45) is 0.514. The second-order valence-electron chi connectivity index (χ2n) is 2.24. The van der Waals surface area contributed by atoms with Gasteiger partial charge < -0.3 is 0 Å². The molecule has 0 saturated heterocycles. The summed E-state index contributed by atoms with van der Waals surface area (Å²) >= 11 is -0.229. The van der Waals surface area contributed by atoms with Crippen molar-refractivity contribution < 1.29 is 18.0 Å². The van der Waals surface area contributed by atoms with Crippen LogP contribution in [0.25, 0.3) is 0 Å². The van der Waals surface area contributed by atoms with E-state index in [0.29, 0.717) is 6.29 Å². The SMILES string of the molecule is O=Cc1cccc(SC(F)(F)F)c1. The van der Waals surface area contributed by atoms with Gasteiger partial charge in [-0.05, 0) is 23.9 Å². The van der Waals surface area contributed by atoms with Crippen LogP contribution in [0.5, 0.6) is 0 Å². The van der Waals surface area contributed by atoms with Gasteiger partial charge in [-0.2, -0.15) is 13.2 Å². The number of halogens is 3. The van der Waals surface area contributed by atoms with Crippen LogP contribution in [0.3, 0.4) is 0 Å². The monoisotopic (exact) mass is 206 g/mol. The van der Waals surface area contributed by atoms with Crippen molar-refractivity contribution in [1.29, 1.82) is 0 Å². The Morgan fingerprint density at radius 3 is 2.54 bits per heavy atom. The fraction of sp³-hybridized carbons (Fsp3) is 0.125. The second-order valence-corrected chi connectivity index (χ2v) is 3.38. The van der Waals surface area contributed by atoms with Crippen LogP contribution in [0.2, 0.25) is 0 Å². The molecule has 0 atom stereocenters. The third-order valence-corrected chi connectivity index (χ3v) is 1.95. The number of hydrogen-bond donors (Lipinski definition) is 0. The van der Waals surface area contributed by atoms with Crippen molar-refractivity contribution in [3.8, 4) is 0 Å². The molecule has 0 unspecified atom stereocenters. The van der Waals surface area contributed by atoms with Gasteiger partial charge in [-0.25, -0.2) is 0 Å². The number of aldehydes is 1. The molecule has 0 aliphatic rings. The molecule has 0 heterocycles. The second kappa shape index (κ2) is 3.83. The first-order valence-corrected chi connectivity index (χ1v) is 4.14. The zero-order chi connectivity index (χ0) is 9.90. The smallest absolute Gasteiger partial charge is 0.298 e. The Balaban J connectivity index is 2.84. The molecule has 0 saturated carbocycles. The molecule has 0 N–H and O–H groups in total. The molecule has 1 nitrogen and oxygen atoms in total. The maximum absolute atomic E-state index is 11.9. The summed E-state index contributed by atoms with van der Waals surface area (Å²) in [5, 5.41) is 0. The minimum atomic E-state index is -4.30.